The van der Waals surface area contributed by atoms with Crippen LogP contribution in [0.25, 0.3) is 0 Å². The second kappa shape index (κ2) is 6.31. The fourth-order valence-electron chi connectivity index (χ4n) is 1.63. The van der Waals surface area contributed by atoms with Crippen molar-refractivity contribution in [1.29, 1.82) is 0 Å². The SMILES string of the molecule is CCCCNC(=O)Cc1cc(C)ccc1C. The van der Waals surface area contributed by atoms with Crippen LogP contribution in [0.5, 0.6) is 0 Å². The van der Waals surface area contributed by atoms with E-state index in [1.807, 2.05) is 6.92 Å². The summed E-state index contributed by atoms with van der Waals surface area (Å²) in [5, 5.41) is 2.94. The summed E-state index contributed by atoms with van der Waals surface area (Å²) in [7, 11) is 0. The van der Waals surface area contributed by atoms with Gasteiger partial charge in [-0.25, -0.2) is 0 Å². The van der Waals surface area contributed by atoms with Crippen LogP contribution in [-0.4, -0.2) is 12.5 Å². The van der Waals surface area contributed by atoms with Gasteiger partial charge in [0.1, 0.15) is 0 Å². The number of hydrogen-bond donors (Lipinski definition) is 1. The van der Waals surface area contributed by atoms with Gasteiger partial charge < -0.3 is 5.32 Å². The molecule has 0 atom stereocenters. The number of hydrogen-bond acceptors (Lipinski definition) is 1. The van der Waals surface area contributed by atoms with Gasteiger partial charge in [0.25, 0.3) is 0 Å². The van der Waals surface area contributed by atoms with Crippen LogP contribution in [0.4, 0.5) is 0 Å². The molecular formula is C14H21NO. The monoisotopic (exact) mass is 219 g/mol. The molecule has 1 aromatic rings. The van der Waals surface area contributed by atoms with Crippen LogP contribution in [0, 0.1) is 13.8 Å². The zero-order valence-electron chi connectivity index (χ0n) is 10.5. The minimum absolute atomic E-state index is 0.127. The van der Waals surface area contributed by atoms with Gasteiger partial charge in [0.05, 0.1) is 6.42 Å². The summed E-state index contributed by atoms with van der Waals surface area (Å²) >= 11 is 0. The summed E-state index contributed by atoms with van der Waals surface area (Å²) in [6, 6.07) is 6.24. The summed E-state index contributed by atoms with van der Waals surface area (Å²) in [6.07, 6.45) is 2.67. The summed E-state index contributed by atoms with van der Waals surface area (Å²) < 4.78 is 0. The quantitative estimate of drug-likeness (QED) is 0.758. The van der Waals surface area contributed by atoms with E-state index in [-0.39, 0.29) is 5.91 Å². The number of rotatable bonds is 5. The Bertz CT molecular complexity index is 358. The molecule has 0 saturated carbocycles. The normalized spacial score (nSPS) is 10.2. The van der Waals surface area contributed by atoms with Gasteiger partial charge in [0, 0.05) is 6.54 Å². The third-order valence-corrected chi connectivity index (χ3v) is 2.71. The van der Waals surface area contributed by atoms with E-state index in [2.05, 4.69) is 37.4 Å². The highest BCUT2D eigenvalue weighted by Crippen LogP contribution is 2.11. The topological polar surface area (TPSA) is 29.1 Å². The number of aryl methyl sites for hydroxylation is 2. The van der Waals surface area contributed by atoms with Gasteiger partial charge in [-0.3, -0.25) is 4.79 Å². The first-order valence-electron chi connectivity index (χ1n) is 5.96. The molecule has 0 radical (unpaired) electrons. The van der Waals surface area contributed by atoms with E-state index in [0.29, 0.717) is 6.42 Å². The Morgan fingerprint density at radius 1 is 1.31 bits per heavy atom. The number of carbonyl (C=O) groups excluding carboxylic acids is 1. The Balaban J connectivity index is 2.52. The molecule has 0 aromatic heterocycles. The maximum Gasteiger partial charge on any atom is 0.224 e. The van der Waals surface area contributed by atoms with Crippen molar-refractivity contribution in [2.75, 3.05) is 6.54 Å². The first kappa shape index (κ1) is 12.8. The number of benzene rings is 1. The van der Waals surface area contributed by atoms with Crippen molar-refractivity contribution in [2.45, 2.75) is 40.0 Å². The van der Waals surface area contributed by atoms with Gasteiger partial charge in [-0.2, -0.15) is 0 Å². The highest BCUT2D eigenvalue weighted by molar-refractivity contribution is 5.78. The summed E-state index contributed by atoms with van der Waals surface area (Å²) in [6.45, 7) is 7.02. The first-order valence-corrected chi connectivity index (χ1v) is 5.96. The fourth-order valence-corrected chi connectivity index (χ4v) is 1.63. The van der Waals surface area contributed by atoms with Crippen LogP contribution < -0.4 is 5.32 Å². The molecule has 2 heteroatoms. The maximum absolute atomic E-state index is 11.6. The zero-order chi connectivity index (χ0) is 12.0. The summed E-state index contributed by atoms with van der Waals surface area (Å²) in [5.41, 5.74) is 3.53. The molecule has 1 N–H and O–H groups in total. The average Bonchev–Trinajstić information content (AvgIpc) is 2.24. The maximum atomic E-state index is 11.6. The highest BCUT2D eigenvalue weighted by Gasteiger charge is 2.05. The van der Waals surface area contributed by atoms with Crippen molar-refractivity contribution in [3.63, 3.8) is 0 Å². The predicted octanol–water partition coefficient (Wildman–Crippen LogP) is 2.76. The Morgan fingerprint density at radius 3 is 2.75 bits per heavy atom. The van der Waals surface area contributed by atoms with E-state index in [4.69, 9.17) is 0 Å². The van der Waals surface area contributed by atoms with Crippen molar-refractivity contribution < 1.29 is 4.79 Å². The summed E-state index contributed by atoms with van der Waals surface area (Å²) in [4.78, 5) is 11.6. The Hall–Kier alpha value is -1.31. The van der Waals surface area contributed by atoms with Crippen molar-refractivity contribution in [3.8, 4) is 0 Å². The molecule has 1 amide bonds. The van der Waals surface area contributed by atoms with Crippen molar-refractivity contribution in [1.82, 2.24) is 5.32 Å². The van der Waals surface area contributed by atoms with Crippen molar-refractivity contribution in [3.05, 3.63) is 34.9 Å². The van der Waals surface area contributed by atoms with Crippen LogP contribution in [0.3, 0.4) is 0 Å². The summed E-state index contributed by atoms with van der Waals surface area (Å²) in [5.74, 6) is 0.127. The van der Waals surface area contributed by atoms with Gasteiger partial charge in [-0.1, -0.05) is 37.1 Å². The first-order chi connectivity index (χ1) is 7.63. The third-order valence-electron chi connectivity index (χ3n) is 2.71. The molecule has 0 aliphatic heterocycles. The van der Waals surface area contributed by atoms with Crippen LogP contribution in [0.1, 0.15) is 36.5 Å². The van der Waals surface area contributed by atoms with Gasteiger partial charge in [0.2, 0.25) is 5.91 Å². The van der Waals surface area contributed by atoms with Gasteiger partial charge in [-0.05, 0) is 31.4 Å². The molecule has 0 heterocycles. The second-order valence-corrected chi connectivity index (χ2v) is 4.31. The van der Waals surface area contributed by atoms with E-state index in [1.54, 1.807) is 0 Å². The molecule has 2 nitrogen and oxygen atoms in total. The number of amides is 1. The lowest BCUT2D eigenvalue weighted by molar-refractivity contribution is -0.120. The van der Waals surface area contributed by atoms with E-state index in [0.717, 1.165) is 24.9 Å². The second-order valence-electron chi connectivity index (χ2n) is 4.31. The van der Waals surface area contributed by atoms with Crippen LogP contribution in [-0.2, 0) is 11.2 Å². The standard InChI is InChI=1S/C14H21NO/c1-4-5-8-15-14(16)10-13-9-11(2)6-7-12(13)3/h6-7,9H,4-5,8,10H2,1-3H3,(H,15,16). The van der Waals surface area contributed by atoms with Crippen LogP contribution >= 0.6 is 0 Å². The van der Waals surface area contributed by atoms with Gasteiger partial charge >= 0.3 is 0 Å². The zero-order valence-corrected chi connectivity index (χ0v) is 10.5. The largest absolute Gasteiger partial charge is 0.356 e. The predicted molar refractivity (Wildman–Crippen MR) is 67.5 cm³/mol. The van der Waals surface area contributed by atoms with Gasteiger partial charge in [0.15, 0.2) is 0 Å². The van der Waals surface area contributed by atoms with E-state index in [9.17, 15) is 4.79 Å². The molecule has 0 bridgehead atoms. The van der Waals surface area contributed by atoms with E-state index in [1.165, 1.54) is 11.1 Å². The van der Waals surface area contributed by atoms with Gasteiger partial charge in [-0.15, -0.1) is 0 Å². The Labute approximate surface area is 98.1 Å². The Kier molecular flexibility index (Phi) is 5.03. The minimum atomic E-state index is 0.127. The molecule has 0 fully saturated rings. The third kappa shape index (κ3) is 4.05. The number of unbranched alkanes of at least 4 members (excludes halogenated alkanes) is 1. The minimum Gasteiger partial charge on any atom is -0.356 e. The van der Waals surface area contributed by atoms with Crippen LogP contribution in [0.15, 0.2) is 18.2 Å². The molecule has 0 unspecified atom stereocenters. The lowest BCUT2D eigenvalue weighted by Crippen LogP contribution is -2.26. The van der Waals surface area contributed by atoms with Crippen molar-refractivity contribution >= 4 is 5.91 Å². The molecular weight excluding hydrogens is 198 g/mol. The van der Waals surface area contributed by atoms with E-state index >= 15 is 0 Å². The smallest absolute Gasteiger partial charge is 0.224 e. The molecule has 1 rings (SSSR count). The lowest BCUT2D eigenvalue weighted by atomic mass is 10.0. The molecule has 16 heavy (non-hydrogen) atoms. The number of carbonyl (C=O) groups is 1. The Morgan fingerprint density at radius 2 is 2.06 bits per heavy atom. The molecule has 88 valence electrons. The number of nitrogens with one attached hydrogen (secondary N) is 1. The van der Waals surface area contributed by atoms with Crippen LogP contribution in [0.2, 0.25) is 0 Å². The van der Waals surface area contributed by atoms with Crippen molar-refractivity contribution in [2.24, 2.45) is 0 Å². The fraction of sp³-hybridized carbons (Fsp3) is 0.500. The highest BCUT2D eigenvalue weighted by atomic mass is 16.1. The lowest BCUT2D eigenvalue weighted by Gasteiger charge is -2.07. The molecule has 1 aromatic carbocycles. The molecule has 0 aliphatic rings. The molecule has 0 saturated heterocycles. The van der Waals surface area contributed by atoms with E-state index < -0.39 is 0 Å². The average molecular weight is 219 g/mol. The molecule has 0 aliphatic carbocycles. The molecule has 0 spiro atoms.